The van der Waals surface area contributed by atoms with Gasteiger partial charge in [-0.1, -0.05) is 12.1 Å². The molecule has 0 spiro atoms. The Bertz CT molecular complexity index is 1420. The molecular weight excluding hydrogens is 485 g/mol. The fourth-order valence-corrected chi connectivity index (χ4v) is 3.66. The average Bonchev–Trinajstić information content (AvgIpc) is 3.49. The van der Waals surface area contributed by atoms with E-state index in [0.717, 1.165) is 41.6 Å². The highest BCUT2D eigenvalue weighted by atomic mass is 19.4. The molecule has 4 rings (SSSR count). The third kappa shape index (κ3) is 4.82. The number of halogens is 5. The van der Waals surface area contributed by atoms with E-state index in [4.69, 9.17) is 11.1 Å². The van der Waals surface area contributed by atoms with Gasteiger partial charge in [-0.2, -0.15) is 13.2 Å². The zero-order valence-electron chi connectivity index (χ0n) is 18.6. The van der Waals surface area contributed by atoms with Crippen molar-refractivity contribution < 1.29 is 27.4 Å². The molecule has 4 aromatic rings. The standard InChI is InChI=1S/C22H18F5N9/c1-2-13(17-9-36(35-34-17)18-5-12(23)3-4-15(18)24)16-6-14(19(33-16)20(29)32-10-28)11-7-30-21(31-8-11)22(25,26)27/h3-10,13,33H,2H2,1H3,(H3,28,29,32)/p+1. The molecule has 0 saturated heterocycles. The van der Waals surface area contributed by atoms with Crippen molar-refractivity contribution in [3.05, 3.63) is 77.4 Å². The van der Waals surface area contributed by atoms with E-state index in [1.807, 2.05) is 6.92 Å². The van der Waals surface area contributed by atoms with Crippen LogP contribution in [0.15, 0.2) is 47.8 Å². The number of alkyl halides is 3. The number of hydrogen-bond donors (Lipinski definition) is 3. The number of nitrogens with zero attached hydrogens (tertiary/aromatic N) is 6. The fraction of sp³-hybridized carbons (Fsp3) is 0.182. The summed E-state index contributed by atoms with van der Waals surface area (Å²) in [7, 11) is 0. The van der Waals surface area contributed by atoms with Gasteiger partial charge in [0.1, 0.15) is 23.0 Å². The van der Waals surface area contributed by atoms with E-state index in [0.29, 0.717) is 23.4 Å². The average molecular weight is 504 g/mol. The largest absolute Gasteiger partial charge is 0.451 e. The summed E-state index contributed by atoms with van der Waals surface area (Å²) < 4.78 is 67.6. The second-order valence-corrected chi connectivity index (χ2v) is 7.61. The summed E-state index contributed by atoms with van der Waals surface area (Å²) in [5, 5.41) is 13.4. The predicted molar refractivity (Wildman–Crippen MR) is 119 cm³/mol. The molecule has 9 nitrogen and oxygen atoms in total. The Morgan fingerprint density at radius 1 is 1.22 bits per heavy atom. The second-order valence-electron chi connectivity index (χ2n) is 7.61. The zero-order chi connectivity index (χ0) is 26.0. The molecule has 0 aliphatic carbocycles. The van der Waals surface area contributed by atoms with E-state index in [9.17, 15) is 22.0 Å². The highest BCUT2D eigenvalue weighted by molar-refractivity contribution is 6.04. The lowest BCUT2D eigenvalue weighted by atomic mass is 9.98. The second kappa shape index (κ2) is 9.64. The Labute approximate surface area is 200 Å². The van der Waals surface area contributed by atoms with Gasteiger partial charge in [0.05, 0.1) is 11.9 Å². The summed E-state index contributed by atoms with van der Waals surface area (Å²) >= 11 is 0. The third-order valence-electron chi connectivity index (χ3n) is 5.33. The van der Waals surface area contributed by atoms with Gasteiger partial charge < -0.3 is 10.7 Å². The van der Waals surface area contributed by atoms with Crippen LogP contribution in [0.1, 0.15) is 42.2 Å². The van der Waals surface area contributed by atoms with Gasteiger partial charge in [0.15, 0.2) is 0 Å². The fourth-order valence-electron chi connectivity index (χ4n) is 3.66. The molecule has 0 aliphatic rings. The smallest absolute Gasteiger partial charge is 0.361 e. The Kier molecular flexibility index (Phi) is 6.59. The van der Waals surface area contributed by atoms with E-state index in [2.05, 4.69) is 30.3 Å². The molecule has 0 saturated carbocycles. The maximum atomic E-state index is 14.2. The number of aromatic nitrogens is 6. The number of benzene rings is 1. The normalized spacial score (nSPS) is 13.1. The molecule has 5 N–H and O–H groups in total. The van der Waals surface area contributed by atoms with Crippen LogP contribution in [0.4, 0.5) is 22.0 Å². The van der Waals surface area contributed by atoms with Gasteiger partial charge >= 0.3 is 6.18 Å². The first-order chi connectivity index (χ1) is 17.1. The predicted octanol–water partition coefficient (Wildman–Crippen LogP) is 2.38. The summed E-state index contributed by atoms with van der Waals surface area (Å²) in [6.45, 7) is 1.86. The Morgan fingerprint density at radius 2 is 1.94 bits per heavy atom. The summed E-state index contributed by atoms with van der Waals surface area (Å²) in [4.78, 5) is 13.8. The molecule has 3 aromatic heterocycles. The highest BCUT2D eigenvalue weighted by Gasteiger charge is 2.34. The number of rotatable bonds is 7. The van der Waals surface area contributed by atoms with Crippen molar-refractivity contribution in [1.82, 2.24) is 29.9 Å². The van der Waals surface area contributed by atoms with Crippen LogP contribution in [0, 0.1) is 11.6 Å². The van der Waals surface area contributed by atoms with Gasteiger partial charge in [0, 0.05) is 41.2 Å². The summed E-state index contributed by atoms with van der Waals surface area (Å²) in [5.74, 6) is -3.06. The minimum atomic E-state index is -4.69. The molecule has 0 aliphatic heterocycles. The van der Waals surface area contributed by atoms with E-state index in [1.165, 1.54) is 6.20 Å². The van der Waals surface area contributed by atoms with Gasteiger partial charge in [0.2, 0.25) is 5.82 Å². The quantitative estimate of drug-likeness (QED) is 0.202. The van der Waals surface area contributed by atoms with Crippen LogP contribution in [0.5, 0.6) is 0 Å². The Morgan fingerprint density at radius 3 is 2.58 bits per heavy atom. The number of hydrogen-bond acceptors (Lipinski definition) is 4. The van der Waals surface area contributed by atoms with Gasteiger partial charge in [-0.3, -0.25) is 5.41 Å². The monoisotopic (exact) mass is 504 g/mol. The molecule has 0 amide bonds. The molecule has 186 valence electrons. The van der Waals surface area contributed by atoms with Crippen molar-refractivity contribution in [2.45, 2.75) is 25.4 Å². The minimum absolute atomic E-state index is 0.0287. The number of nitrogens with one attached hydrogen (secondary N) is 1. The lowest BCUT2D eigenvalue weighted by Gasteiger charge is -2.09. The third-order valence-corrected chi connectivity index (χ3v) is 5.33. The first-order valence-electron chi connectivity index (χ1n) is 10.5. The molecule has 0 fully saturated rings. The van der Waals surface area contributed by atoms with Crippen LogP contribution in [0.3, 0.4) is 0 Å². The first kappa shape index (κ1) is 24.6. The Hall–Kier alpha value is -4.49. The van der Waals surface area contributed by atoms with E-state index < -0.39 is 29.6 Å². The summed E-state index contributed by atoms with van der Waals surface area (Å²) in [5.41, 5.74) is 7.79. The Balaban J connectivity index is 1.77. The number of amidine groups is 1. The summed E-state index contributed by atoms with van der Waals surface area (Å²) in [6.07, 6.45) is 0.274. The van der Waals surface area contributed by atoms with Crippen molar-refractivity contribution in [3.63, 3.8) is 0 Å². The number of aliphatic imine (C=N–C) groups is 1. The van der Waals surface area contributed by atoms with Gasteiger partial charge in [-0.25, -0.2) is 23.4 Å². The first-order valence-corrected chi connectivity index (χ1v) is 10.5. The summed E-state index contributed by atoms with van der Waals surface area (Å²) in [6, 6.07) is 4.61. The SMILES string of the molecule is CCC(c1cn(-c2cc(F)ccc2F)nn1)c1cc(-c2cnc(C(F)(F)F)nc2)c(C(N)=NC=[NH2+])[nH]1. The zero-order valence-corrected chi connectivity index (χ0v) is 18.6. The van der Waals surface area contributed by atoms with Crippen molar-refractivity contribution >= 4 is 12.2 Å². The van der Waals surface area contributed by atoms with Crippen LogP contribution in [0.25, 0.3) is 16.8 Å². The molecule has 1 atom stereocenters. The van der Waals surface area contributed by atoms with Gasteiger partial charge in [-0.05, 0) is 29.6 Å². The van der Waals surface area contributed by atoms with Crippen molar-refractivity contribution in [3.8, 4) is 16.8 Å². The molecule has 14 heteroatoms. The number of aromatic amines is 1. The van der Waals surface area contributed by atoms with E-state index in [-0.39, 0.29) is 22.8 Å². The highest BCUT2D eigenvalue weighted by Crippen LogP contribution is 2.33. The van der Waals surface area contributed by atoms with E-state index >= 15 is 0 Å². The van der Waals surface area contributed by atoms with Gasteiger partial charge in [-0.15, -0.1) is 5.10 Å². The number of H-pyrrole nitrogens is 1. The lowest BCUT2D eigenvalue weighted by molar-refractivity contribution is -0.145. The van der Waals surface area contributed by atoms with Crippen LogP contribution in [-0.4, -0.2) is 42.1 Å². The van der Waals surface area contributed by atoms with Crippen molar-refractivity contribution in [1.29, 1.82) is 0 Å². The van der Waals surface area contributed by atoms with Crippen LogP contribution in [0.2, 0.25) is 0 Å². The lowest BCUT2D eigenvalue weighted by Crippen LogP contribution is -2.30. The maximum Gasteiger partial charge on any atom is 0.451 e. The van der Waals surface area contributed by atoms with Gasteiger partial charge in [0.25, 0.3) is 12.2 Å². The minimum Gasteiger partial charge on any atom is -0.361 e. The topological polar surface area (TPSA) is 136 Å². The molecule has 1 aromatic carbocycles. The van der Waals surface area contributed by atoms with Crippen molar-refractivity contribution in [2.75, 3.05) is 0 Å². The molecule has 0 radical (unpaired) electrons. The van der Waals surface area contributed by atoms with Crippen molar-refractivity contribution in [2.24, 2.45) is 10.7 Å². The van der Waals surface area contributed by atoms with Crippen LogP contribution < -0.4 is 11.1 Å². The molecular formula is C22H19F5N9+. The molecule has 0 bridgehead atoms. The van der Waals surface area contributed by atoms with E-state index in [1.54, 1.807) is 6.07 Å². The molecule has 36 heavy (non-hydrogen) atoms. The maximum absolute atomic E-state index is 14.2. The van der Waals surface area contributed by atoms with Crippen LogP contribution in [-0.2, 0) is 6.18 Å². The molecule has 3 heterocycles. The molecule has 1 unspecified atom stereocenters. The van der Waals surface area contributed by atoms with Crippen LogP contribution >= 0.6 is 0 Å². The number of nitrogens with two attached hydrogens (primary N) is 2.